The molecule has 0 aliphatic heterocycles. The number of rotatable bonds is 2. The van der Waals surface area contributed by atoms with E-state index in [2.05, 4.69) is 4.98 Å². The van der Waals surface area contributed by atoms with Gasteiger partial charge in [0.15, 0.2) is 0 Å². The second-order valence-corrected chi connectivity index (χ2v) is 5.06. The lowest BCUT2D eigenvalue weighted by molar-refractivity contribution is 0.597. The number of benzene rings is 1. The van der Waals surface area contributed by atoms with Crippen LogP contribution in [-0.4, -0.2) is 18.0 Å². The first-order chi connectivity index (χ1) is 8.43. The zero-order valence-electron chi connectivity index (χ0n) is 9.11. The van der Waals surface area contributed by atoms with Crippen LogP contribution >= 0.6 is 0 Å². The lowest BCUT2D eigenvalue weighted by Crippen LogP contribution is -2.13. The number of hydrogen-bond acceptors (Lipinski definition) is 5. The van der Waals surface area contributed by atoms with Gasteiger partial charge in [-0.05, 0) is 18.2 Å². The van der Waals surface area contributed by atoms with E-state index in [0.717, 1.165) is 0 Å². The molecule has 2 rings (SSSR count). The van der Waals surface area contributed by atoms with Crippen LogP contribution in [0.4, 0.5) is 5.69 Å². The highest BCUT2D eigenvalue weighted by atomic mass is 32.2. The van der Waals surface area contributed by atoms with Gasteiger partial charge in [-0.25, -0.2) is 18.5 Å². The summed E-state index contributed by atoms with van der Waals surface area (Å²) in [5.41, 5.74) is 6.41. The molecule has 18 heavy (non-hydrogen) atoms. The van der Waals surface area contributed by atoms with E-state index in [0.29, 0.717) is 11.4 Å². The molecule has 0 aliphatic carbocycles. The quantitative estimate of drug-likeness (QED) is 0.735. The summed E-state index contributed by atoms with van der Waals surface area (Å²) in [7, 11) is -3.82. The Morgan fingerprint density at radius 1 is 1.39 bits per heavy atom. The number of nitrogens with two attached hydrogens (primary N) is 2. The molecule has 1 aromatic heterocycles. The molecule has 7 nitrogen and oxygen atoms in total. The number of imidazole rings is 1. The molecule has 1 heterocycles. The second-order valence-electron chi connectivity index (χ2n) is 3.50. The SMILES string of the molecule is N#Cc1nccn1-c1cc(S(N)(=O)=O)ccc1N. The monoisotopic (exact) mass is 263 g/mol. The van der Waals surface area contributed by atoms with E-state index in [9.17, 15) is 8.42 Å². The molecule has 0 fully saturated rings. The molecule has 0 unspecified atom stereocenters. The summed E-state index contributed by atoms with van der Waals surface area (Å²) in [6.07, 6.45) is 2.93. The van der Waals surface area contributed by atoms with Gasteiger partial charge < -0.3 is 5.73 Å². The number of nitrogen functional groups attached to an aromatic ring is 1. The number of sulfonamides is 1. The van der Waals surface area contributed by atoms with Gasteiger partial charge in [0.25, 0.3) is 0 Å². The maximum Gasteiger partial charge on any atom is 0.238 e. The minimum atomic E-state index is -3.82. The van der Waals surface area contributed by atoms with E-state index in [1.807, 2.05) is 6.07 Å². The number of nitrogens with zero attached hydrogens (tertiary/aromatic N) is 3. The summed E-state index contributed by atoms with van der Waals surface area (Å²) in [6.45, 7) is 0. The first-order valence-electron chi connectivity index (χ1n) is 4.79. The van der Waals surface area contributed by atoms with Crippen LogP contribution in [-0.2, 0) is 10.0 Å². The van der Waals surface area contributed by atoms with E-state index >= 15 is 0 Å². The van der Waals surface area contributed by atoms with Crippen LogP contribution in [0.3, 0.4) is 0 Å². The topological polar surface area (TPSA) is 128 Å². The van der Waals surface area contributed by atoms with Crippen molar-refractivity contribution in [2.45, 2.75) is 4.90 Å². The van der Waals surface area contributed by atoms with Gasteiger partial charge in [-0.2, -0.15) is 5.26 Å². The Labute approximate surface area is 103 Å². The van der Waals surface area contributed by atoms with Crippen molar-refractivity contribution >= 4 is 15.7 Å². The van der Waals surface area contributed by atoms with E-state index in [4.69, 9.17) is 16.1 Å². The molecular weight excluding hydrogens is 254 g/mol. The average Bonchev–Trinajstić information content (AvgIpc) is 2.76. The van der Waals surface area contributed by atoms with E-state index < -0.39 is 10.0 Å². The van der Waals surface area contributed by atoms with Gasteiger partial charge in [-0.1, -0.05) is 0 Å². The summed E-state index contributed by atoms with van der Waals surface area (Å²) in [4.78, 5) is 3.73. The van der Waals surface area contributed by atoms with E-state index in [1.165, 1.54) is 35.2 Å². The van der Waals surface area contributed by atoms with Crippen LogP contribution in [0.5, 0.6) is 0 Å². The predicted octanol–water partition coefficient (Wildman–Crippen LogP) is -0.0264. The lowest BCUT2D eigenvalue weighted by Gasteiger charge is -2.09. The normalized spacial score (nSPS) is 11.1. The molecule has 0 saturated carbocycles. The smallest absolute Gasteiger partial charge is 0.238 e. The fraction of sp³-hybridized carbons (Fsp3) is 0. The zero-order valence-corrected chi connectivity index (χ0v) is 9.92. The Balaban J connectivity index is 2.69. The number of aromatic nitrogens is 2. The Kier molecular flexibility index (Phi) is 2.78. The third-order valence-corrected chi connectivity index (χ3v) is 3.24. The van der Waals surface area contributed by atoms with Crippen molar-refractivity contribution in [2.75, 3.05) is 5.73 Å². The van der Waals surface area contributed by atoms with Crippen molar-refractivity contribution < 1.29 is 8.42 Å². The standard InChI is InChI=1S/C10H9N5O2S/c11-6-10-14-3-4-15(10)9-5-7(18(13,16)17)1-2-8(9)12/h1-5H,12H2,(H2,13,16,17). The minimum absolute atomic E-state index is 0.0794. The van der Waals surface area contributed by atoms with E-state index in [-0.39, 0.29) is 10.7 Å². The summed E-state index contributed by atoms with van der Waals surface area (Å²) in [5.74, 6) is 0.105. The fourth-order valence-electron chi connectivity index (χ4n) is 1.49. The number of nitriles is 1. The van der Waals surface area contributed by atoms with Gasteiger partial charge in [0.05, 0.1) is 16.3 Å². The third-order valence-electron chi connectivity index (χ3n) is 2.33. The molecule has 4 N–H and O–H groups in total. The van der Waals surface area contributed by atoms with E-state index in [1.54, 1.807) is 0 Å². The van der Waals surface area contributed by atoms with Gasteiger partial charge in [-0.15, -0.1) is 0 Å². The Bertz CT molecular complexity index is 742. The molecule has 92 valence electrons. The largest absolute Gasteiger partial charge is 0.397 e. The summed E-state index contributed by atoms with van der Waals surface area (Å²) < 4.78 is 23.9. The van der Waals surface area contributed by atoms with Crippen LogP contribution < -0.4 is 10.9 Å². The van der Waals surface area contributed by atoms with Gasteiger partial charge in [0.1, 0.15) is 6.07 Å². The van der Waals surface area contributed by atoms with Crippen molar-refractivity contribution in [2.24, 2.45) is 5.14 Å². The summed E-state index contributed by atoms with van der Waals surface area (Å²) >= 11 is 0. The predicted molar refractivity (Wildman–Crippen MR) is 64.1 cm³/mol. The average molecular weight is 263 g/mol. The molecule has 0 radical (unpaired) electrons. The molecule has 1 aromatic carbocycles. The highest BCUT2D eigenvalue weighted by Crippen LogP contribution is 2.22. The van der Waals surface area contributed by atoms with Crippen molar-refractivity contribution in [3.05, 3.63) is 36.4 Å². The molecular formula is C10H9N5O2S. The Morgan fingerprint density at radius 3 is 2.72 bits per heavy atom. The molecule has 2 aromatic rings. The van der Waals surface area contributed by atoms with Crippen molar-refractivity contribution in [3.8, 4) is 11.8 Å². The molecule has 0 atom stereocenters. The minimum Gasteiger partial charge on any atom is -0.397 e. The number of anilines is 1. The van der Waals surface area contributed by atoms with Crippen molar-refractivity contribution in [1.29, 1.82) is 5.26 Å². The van der Waals surface area contributed by atoms with Gasteiger partial charge in [0.2, 0.25) is 15.8 Å². The Morgan fingerprint density at radius 2 is 2.11 bits per heavy atom. The first-order valence-corrected chi connectivity index (χ1v) is 6.34. The molecule has 0 amide bonds. The van der Waals surface area contributed by atoms with Gasteiger partial charge in [0, 0.05) is 12.4 Å². The number of primary sulfonamides is 1. The van der Waals surface area contributed by atoms with Crippen molar-refractivity contribution in [1.82, 2.24) is 9.55 Å². The lowest BCUT2D eigenvalue weighted by atomic mass is 10.2. The highest BCUT2D eigenvalue weighted by Gasteiger charge is 2.13. The molecule has 8 heteroatoms. The van der Waals surface area contributed by atoms with Crippen LogP contribution in [0.25, 0.3) is 5.69 Å². The second kappa shape index (κ2) is 4.14. The molecule has 0 bridgehead atoms. The number of hydrogen-bond donors (Lipinski definition) is 2. The van der Waals surface area contributed by atoms with Gasteiger partial charge in [-0.3, -0.25) is 4.57 Å². The summed E-state index contributed by atoms with van der Waals surface area (Å²) in [5, 5.41) is 13.9. The summed E-state index contributed by atoms with van der Waals surface area (Å²) in [6, 6.07) is 5.89. The molecule has 0 spiro atoms. The third kappa shape index (κ3) is 2.04. The first kappa shape index (κ1) is 12.1. The maximum atomic E-state index is 11.3. The van der Waals surface area contributed by atoms with Crippen LogP contribution in [0.2, 0.25) is 0 Å². The van der Waals surface area contributed by atoms with Crippen LogP contribution in [0.1, 0.15) is 5.82 Å². The van der Waals surface area contributed by atoms with Crippen molar-refractivity contribution in [3.63, 3.8) is 0 Å². The Hall–Kier alpha value is -2.37. The maximum absolute atomic E-state index is 11.3. The highest BCUT2D eigenvalue weighted by molar-refractivity contribution is 7.89. The zero-order chi connectivity index (χ0) is 13.3. The van der Waals surface area contributed by atoms with Crippen LogP contribution in [0.15, 0.2) is 35.5 Å². The molecule has 0 saturated heterocycles. The van der Waals surface area contributed by atoms with Gasteiger partial charge >= 0.3 is 0 Å². The fourth-order valence-corrected chi connectivity index (χ4v) is 2.02. The van der Waals surface area contributed by atoms with Crippen LogP contribution in [0, 0.1) is 11.3 Å². The molecule has 0 aliphatic rings.